The second-order valence-electron chi connectivity index (χ2n) is 7.70. The molecular weight excluding hydrogens is 420 g/mol. The summed E-state index contributed by atoms with van der Waals surface area (Å²) in [6, 6.07) is 27.4. The summed E-state index contributed by atoms with van der Waals surface area (Å²) in [5, 5.41) is 10.5. The number of nitrogens with zero attached hydrogens (tertiary/aromatic N) is 1. The van der Waals surface area contributed by atoms with Gasteiger partial charge in [0.15, 0.2) is 5.16 Å². The van der Waals surface area contributed by atoms with Crippen molar-refractivity contribution < 1.29 is 14.6 Å². The Balaban J connectivity index is 1.42. The van der Waals surface area contributed by atoms with Crippen molar-refractivity contribution >= 4 is 17.7 Å². The van der Waals surface area contributed by atoms with E-state index in [0.29, 0.717) is 18.2 Å². The molecule has 0 saturated heterocycles. The van der Waals surface area contributed by atoms with Gasteiger partial charge in [0.2, 0.25) is 0 Å². The number of aromatic nitrogens is 2. The second kappa shape index (κ2) is 9.75. The Bertz CT molecular complexity index is 1160. The predicted molar refractivity (Wildman–Crippen MR) is 127 cm³/mol. The van der Waals surface area contributed by atoms with Crippen molar-refractivity contribution in [2.45, 2.75) is 29.9 Å². The molecule has 4 aromatic rings. The SMILES string of the molecule is CC(Cc1ccc(OCc2ccccc2)cc1)(Sc1ncc(-c2ccccc2)[nH]1)C(=O)O. The molecule has 1 aromatic heterocycles. The van der Waals surface area contributed by atoms with E-state index in [1.165, 1.54) is 11.8 Å². The highest BCUT2D eigenvalue weighted by Gasteiger charge is 2.36. The van der Waals surface area contributed by atoms with Gasteiger partial charge in [0.25, 0.3) is 0 Å². The van der Waals surface area contributed by atoms with Crippen molar-refractivity contribution in [1.82, 2.24) is 9.97 Å². The van der Waals surface area contributed by atoms with Crippen LogP contribution in [-0.4, -0.2) is 25.8 Å². The quantitative estimate of drug-likeness (QED) is 0.318. The molecule has 0 saturated carbocycles. The first-order valence-electron chi connectivity index (χ1n) is 10.3. The van der Waals surface area contributed by atoms with Crippen LogP contribution in [0.25, 0.3) is 11.3 Å². The third-order valence-electron chi connectivity index (χ3n) is 5.12. The Hall–Kier alpha value is -3.51. The second-order valence-corrected chi connectivity index (χ2v) is 9.19. The molecule has 1 unspecified atom stereocenters. The number of aliphatic carboxylic acids is 1. The van der Waals surface area contributed by atoms with Crippen LogP contribution in [0.3, 0.4) is 0 Å². The van der Waals surface area contributed by atoms with E-state index >= 15 is 0 Å². The maximum atomic E-state index is 12.1. The molecule has 0 spiro atoms. The first kappa shape index (κ1) is 21.7. The highest BCUT2D eigenvalue weighted by atomic mass is 32.2. The number of rotatable bonds is 9. The Kier molecular flexibility index (Phi) is 6.61. The highest BCUT2D eigenvalue weighted by molar-refractivity contribution is 8.01. The van der Waals surface area contributed by atoms with E-state index in [0.717, 1.165) is 28.1 Å². The van der Waals surface area contributed by atoms with Gasteiger partial charge in [-0.25, -0.2) is 4.98 Å². The molecule has 0 radical (unpaired) electrons. The van der Waals surface area contributed by atoms with Crippen LogP contribution in [0, 0.1) is 0 Å². The van der Waals surface area contributed by atoms with E-state index in [-0.39, 0.29) is 0 Å². The zero-order chi connectivity index (χ0) is 22.4. The summed E-state index contributed by atoms with van der Waals surface area (Å²) in [4.78, 5) is 19.8. The van der Waals surface area contributed by atoms with Crippen molar-refractivity contribution in [2.24, 2.45) is 0 Å². The Labute approximate surface area is 191 Å². The molecule has 0 bridgehead atoms. The lowest BCUT2D eigenvalue weighted by Crippen LogP contribution is -2.34. The Morgan fingerprint density at radius 1 is 0.969 bits per heavy atom. The number of imidazole rings is 1. The normalized spacial score (nSPS) is 12.8. The molecule has 162 valence electrons. The summed E-state index contributed by atoms with van der Waals surface area (Å²) in [6.45, 7) is 2.22. The van der Waals surface area contributed by atoms with Gasteiger partial charge in [-0.3, -0.25) is 4.79 Å². The van der Waals surface area contributed by atoms with Gasteiger partial charge in [0, 0.05) is 0 Å². The lowest BCUT2D eigenvalue weighted by atomic mass is 10.0. The first-order chi connectivity index (χ1) is 15.5. The summed E-state index contributed by atoms with van der Waals surface area (Å²) < 4.78 is 4.76. The average molecular weight is 445 g/mol. The van der Waals surface area contributed by atoms with Gasteiger partial charge in [0.05, 0.1) is 11.9 Å². The number of hydrogen-bond acceptors (Lipinski definition) is 4. The van der Waals surface area contributed by atoms with Crippen LogP contribution >= 0.6 is 11.8 Å². The van der Waals surface area contributed by atoms with Crippen LogP contribution in [0.1, 0.15) is 18.1 Å². The minimum Gasteiger partial charge on any atom is -0.489 e. The summed E-state index contributed by atoms with van der Waals surface area (Å²) >= 11 is 1.22. The van der Waals surface area contributed by atoms with Gasteiger partial charge in [0.1, 0.15) is 17.1 Å². The van der Waals surface area contributed by atoms with Crippen molar-refractivity contribution in [3.05, 3.63) is 102 Å². The number of benzene rings is 3. The van der Waals surface area contributed by atoms with Crippen LogP contribution in [0.15, 0.2) is 96.3 Å². The molecular formula is C26H24N2O3S. The highest BCUT2D eigenvalue weighted by Crippen LogP contribution is 2.35. The number of hydrogen-bond donors (Lipinski definition) is 2. The third-order valence-corrected chi connectivity index (χ3v) is 6.30. The molecule has 2 N–H and O–H groups in total. The molecule has 1 heterocycles. The van der Waals surface area contributed by atoms with E-state index in [9.17, 15) is 9.90 Å². The maximum Gasteiger partial charge on any atom is 0.320 e. The zero-order valence-electron chi connectivity index (χ0n) is 17.7. The van der Waals surface area contributed by atoms with E-state index in [4.69, 9.17) is 4.74 Å². The molecule has 32 heavy (non-hydrogen) atoms. The fourth-order valence-electron chi connectivity index (χ4n) is 3.32. The molecule has 0 aliphatic heterocycles. The molecule has 0 fully saturated rings. The number of carbonyl (C=O) groups is 1. The van der Waals surface area contributed by atoms with Gasteiger partial charge >= 0.3 is 5.97 Å². The van der Waals surface area contributed by atoms with Crippen molar-refractivity contribution in [2.75, 3.05) is 0 Å². The standard InChI is InChI=1S/C26H24N2O3S/c1-26(24(29)30,32-25-27-17-23(28-25)21-10-6-3-7-11-21)16-19-12-14-22(15-13-19)31-18-20-8-4-2-5-9-20/h2-15,17H,16,18H2,1H3,(H,27,28)(H,29,30). The molecule has 5 nitrogen and oxygen atoms in total. The average Bonchev–Trinajstić information content (AvgIpc) is 3.28. The monoisotopic (exact) mass is 444 g/mol. The summed E-state index contributed by atoms with van der Waals surface area (Å²) in [5.74, 6) is -0.134. The maximum absolute atomic E-state index is 12.1. The van der Waals surface area contributed by atoms with E-state index in [2.05, 4.69) is 9.97 Å². The number of carboxylic acids is 1. The van der Waals surface area contributed by atoms with Gasteiger partial charge in [-0.1, -0.05) is 84.6 Å². The fraction of sp³-hybridized carbons (Fsp3) is 0.154. The van der Waals surface area contributed by atoms with Gasteiger partial charge in [-0.15, -0.1) is 0 Å². The lowest BCUT2D eigenvalue weighted by Gasteiger charge is -2.23. The Morgan fingerprint density at radius 3 is 2.28 bits per heavy atom. The number of aromatic amines is 1. The molecule has 0 aliphatic rings. The zero-order valence-corrected chi connectivity index (χ0v) is 18.5. The largest absolute Gasteiger partial charge is 0.489 e. The lowest BCUT2D eigenvalue weighted by molar-refractivity contribution is -0.139. The molecule has 0 amide bonds. The third kappa shape index (κ3) is 5.39. The van der Waals surface area contributed by atoms with Crippen LogP contribution in [0.2, 0.25) is 0 Å². The van der Waals surface area contributed by atoms with E-state index in [1.54, 1.807) is 13.1 Å². The number of nitrogens with one attached hydrogen (secondary N) is 1. The van der Waals surface area contributed by atoms with Crippen LogP contribution in [-0.2, 0) is 17.8 Å². The van der Waals surface area contributed by atoms with Crippen molar-refractivity contribution in [3.8, 4) is 17.0 Å². The summed E-state index contributed by atoms with van der Waals surface area (Å²) in [7, 11) is 0. The molecule has 1 atom stereocenters. The minimum atomic E-state index is -1.07. The number of thioether (sulfide) groups is 1. The number of carboxylic acid groups (broad SMARTS) is 1. The van der Waals surface area contributed by atoms with E-state index in [1.807, 2.05) is 84.9 Å². The summed E-state index contributed by atoms with van der Waals surface area (Å²) in [5.41, 5.74) is 3.89. The van der Waals surface area contributed by atoms with Gasteiger partial charge in [-0.2, -0.15) is 0 Å². The number of H-pyrrole nitrogens is 1. The van der Waals surface area contributed by atoms with Crippen LogP contribution < -0.4 is 4.74 Å². The molecule has 0 aliphatic carbocycles. The van der Waals surface area contributed by atoms with Crippen molar-refractivity contribution in [3.63, 3.8) is 0 Å². The molecule has 6 heteroatoms. The van der Waals surface area contributed by atoms with E-state index < -0.39 is 10.7 Å². The van der Waals surface area contributed by atoms with Crippen LogP contribution in [0.4, 0.5) is 0 Å². The summed E-state index contributed by atoms with van der Waals surface area (Å²) in [6.07, 6.45) is 2.09. The minimum absolute atomic E-state index is 0.354. The van der Waals surface area contributed by atoms with Crippen molar-refractivity contribution in [1.29, 1.82) is 0 Å². The molecule has 4 rings (SSSR count). The number of ether oxygens (including phenoxy) is 1. The van der Waals surface area contributed by atoms with Gasteiger partial charge < -0.3 is 14.8 Å². The Morgan fingerprint density at radius 2 is 1.62 bits per heavy atom. The van der Waals surface area contributed by atoms with Gasteiger partial charge in [-0.05, 0) is 42.2 Å². The fourth-order valence-corrected chi connectivity index (χ4v) is 4.34. The van der Waals surface area contributed by atoms with Crippen LogP contribution in [0.5, 0.6) is 5.75 Å². The predicted octanol–water partition coefficient (Wildman–Crippen LogP) is 5.83. The molecule has 3 aromatic carbocycles. The smallest absolute Gasteiger partial charge is 0.320 e. The first-order valence-corrected chi connectivity index (χ1v) is 11.1. The topological polar surface area (TPSA) is 75.2 Å².